The Morgan fingerprint density at radius 3 is 1.46 bits per heavy atom. The highest BCUT2D eigenvalue weighted by Crippen LogP contribution is 2.14. The fourth-order valence-electron chi connectivity index (χ4n) is 3.23. The average molecular weight is 340 g/mol. The van der Waals surface area contributed by atoms with Gasteiger partial charge in [0.25, 0.3) is 0 Å². The van der Waals surface area contributed by atoms with Gasteiger partial charge in [-0.2, -0.15) is 0 Å². The zero-order valence-corrected chi connectivity index (χ0v) is 16.6. The Morgan fingerprint density at radius 2 is 1.08 bits per heavy atom. The zero-order chi connectivity index (χ0) is 17.7. The van der Waals surface area contributed by atoms with E-state index in [0.717, 1.165) is 6.42 Å². The van der Waals surface area contributed by atoms with Crippen molar-refractivity contribution in [2.45, 2.75) is 122 Å². The minimum atomic E-state index is 0.176. The van der Waals surface area contributed by atoms with Crippen molar-refractivity contribution in [3.63, 3.8) is 0 Å². The number of unbranched alkanes of at least 4 members (excludes halogenated alkanes) is 15. The van der Waals surface area contributed by atoms with Gasteiger partial charge in [-0.25, -0.2) is 0 Å². The fraction of sp³-hybridized carbons (Fsp3) is 0.909. The molecule has 0 amide bonds. The van der Waals surface area contributed by atoms with Crippen LogP contribution in [0.25, 0.3) is 0 Å². The Hall–Kier alpha value is -0.500. The molecule has 0 saturated carbocycles. The number of ether oxygens (including phenoxy) is 1. The molecule has 0 aliphatic heterocycles. The number of rotatable bonds is 20. The molecule has 1 unspecified atom stereocenters. The Morgan fingerprint density at radius 1 is 0.708 bits per heavy atom. The lowest BCUT2D eigenvalue weighted by Crippen LogP contribution is -2.24. The molecule has 0 heterocycles. The third kappa shape index (κ3) is 19.5. The van der Waals surface area contributed by atoms with Gasteiger partial charge in [-0.05, 0) is 6.42 Å². The van der Waals surface area contributed by atoms with Crippen LogP contribution in [-0.4, -0.2) is 12.6 Å². The maximum Gasteiger partial charge on any atom is 0.102 e. The summed E-state index contributed by atoms with van der Waals surface area (Å²) in [5.41, 5.74) is 5.95. The molecule has 0 fully saturated rings. The minimum absolute atomic E-state index is 0.176. The lowest BCUT2D eigenvalue weighted by atomic mass is 10.0. The first-order chi connectivity index (χ1) is 11.8. The Bertz CT molecular complexity index is 242. The largest absolute Gasteiger partial charge is 0.500 e. The van der Waals surface area contributed by atoms with Crippen molar-refractivity contribution in [2.24, 2.45) is 5.73 Å². The van der Waals surface area contributed by atoms with Gasteiger partial charge in [0.1, 0.15) is 6.61 Å². The molecule has 2 N–H and O–H groups in total. The van der Waals surface area contributed by atoms with Gasteiger partial charge in [0.05, 0.1) is 6.26 Å². The second-order valence-corrected chi connectivity index (χ2v) is 7.35. The summed E-state index contributed by atoms with van der Waals surface area (Å²) in [5, 5.41) is 0. The third-order valence-corrected chi connectivity index (χ3v) is 4.86. The van der Waals surface area contributed by atoms with Crippen molar-refractivity contribution in [3.8, 4) is 0 Å². The molecule has 0 saturated heterocycles. The van der Waals surface area contributed by atoms with E-state index in [1.807, 2.05) is 0 Å². The van der Waals surface area contributed by atoms with E-state index in [9.17, 15) is 0 Å². The average Bonchev–Trinajstić information content (AvgIpc) is 2.59. The third-order valence-electron chi connectivity index (χ3n) is 4.86. The molecular weight excluding hydrogens is 294 g/mol. The monoisotopic (exact) mass is 339 g/mol. The van der Waals surface area contributed by atoms with Crippen LogP contribution < -0.4 is 5.73 Å². The summed E-state index contributed by atoms with van der Waals surface area (Å²) in [7, 11) is 0. The highest BCUT2D eigenvalue weighted by Gasteiger charge is 2.01. The van der Waals surface area contributed by atoms with Crippen LogP contribution in [0.2, 0.25) is 0 Å². The van der Waals surface area contributed by atoms with Gasteiger partial charge in [-0.1, -0.05) is 116 Å². The topological polar surface area (TPSA) is 35.2 Å². The van der Waals surface area contributed by atoms with Crippen LogP contribution in [0.15, 0.2) is 12.8 Å². The van der Waals surface area contributed by atoms with Crippen LogP contribution in [0, 0.1) is 0 Å². The van der Waals surface area contributed by atoms with E-state index in [2.05, 4.69) is 13.5 Å². The maximum atomic E-state index is 5.95. The Labute approximate surface area is 152 Å². The van der Waals surface area contributed by atoms with E-state index in [1.54, 1.807) is 0 Å². The van der Waals surface area contributed by atoms with Gasteiger partial charge in [0.15, 0.2) is 0 Å². The second kappa shape index (κ2) is 20.5. The molecule has 0 aromatic rings. The predicted molar refractivity (Wildman–Crippen MR) is 108 cm³/mol. The summed E-state index contributed by atoms with van der Waals surface area (Å²) in [5.74, 6) is 0. The Balaban J connectivity index is 3.03. The first kappa shape index (κ1) is 23.5. The lowest BCUT2D eigenvalue weighted by molar-refractivity contribution is 0.221. The minimum Gasteiger partial charge on any atom is -0.500 e. The molecule has 144 valence electrons. The van der Waals surface area contributed by atoms with Gasteiger partial charge in [-0.15, -0.1) is 0 Å². The first-order valence-corrected chi connectivity index (χ1v) is 10.8. The molecule has 1 atom stereocenters. The van der Waals surface area contributed by atoms with Crippen LogP contribution in [0.4, 0.5) is 0 Å². The molecule has 2 heteroatoms. The van der Waals surface area contributed by atoms with Crippen LogP contribution >= 0.6 is 0 Å². The number of hydrogen-bond acceptors (Lipinski definition) is 2. The molecule has 0 rings (SSSR count). The number of nitrogens with two attached hydrogens (primary N) is 1. The molecule has 0 aromatic carbocycles. The Kier molecular flexibility index (Phi) is 20.1. The van der Waals surface area contributed by atoms with E-state index in [-0.39, 0.29) is 6.04 Å². The zero-order valence-electron chi connectivity index (χ0n) is 16.6. The summed E-state index contributed by atoms with van der Waals surface area (Å²) in [6.07, 6.45) is 25.2. The van der Waals surface area contributed by atoms with Gasteiger partial charge in [0, 0.05) is 6.04 Å². The fourth-order valence-corrected chi connectivity index (χ4v) is 3.23. The lowest BCUT2D eigenvalue weighted by Gasteiger charge is -2.10. The van der Waals surface area contributed by atoms with Crippen molar-refractivity contribution in [1.29, 1.82) is 0 Å². The van der Waals surface area contributed by atoms with Crippen molar-refractivity contribution in [1.82, 2.24) is 0 Å². The van der Waals surface area contributed by atoms with Crippen LogP contribution in [0.1, 0.15) is 116 Å². The predicted octanol–water partition coefficient (Wildman–Crippen LogP) is 7.13. The van der Waals surface area contributed by atoms with Crippen molar-refractivity contribution in [2.75, 3.05) is 6.61 Å². The summed E-state index contributed by atoms with van der Waals surface area (Å²) < 4.78 is 5.11. The molecular formula is C22H45NO. The van der Waals surface area contributed by atoms with Gasteiger partial charge in [-0.3, -0.25) is 0 Å². The molecule has 24 heavy (non-hydrogen) atoms. The SMILES string of the molecule is C=COCC(N)CCCCCCCCCCCCCCCCCC. The van der Waals surface area contributed by atoms with Crippen LogP contribution in [-0.2, 0) is 4.74 Å². The highest BCUT2D eigenvalue weighted by molar-refractivity contribution is 4.62. The first-order valence-electron chi connectivity index (χ1n) is 10.8. The van der Waals surface area contributed by atoms with E-state index in [1.165, 1.54) is 109 Å². The molecule has 0 aliphatic rings. The quantitative estimate of drug-likeness (QED) is 0.189. The van der Waals surface area contributed by atoms with Crippen LogP contribution in [0.5, 0.6) is 0 Å². The number of hydrogen-bond donors (Lipinski definition) is 1. The van der Waals surface area contributed by atoms with E-state index in [0.29, 0.717) is 6.61 Å². The molecule has 0 radical (unpaired) electrons. The molecule has 0 aliphatic carbocycles. The van der Waals surface area contributed by atoms with Gasteiger partial charge >= 0.3 is 0 Å². The summed E-state index contributed by atoms with van der Waals surface area (Å²) >= 11 is 0. The summed E-state index contributed by atoms with van der Waals surface area (Å²) in [6, 6.07) is 0.176. The maximum absolute atomic E-state index is 5.95. The van der Waals surface area contributed by atoms with Crippen molar-refractivity contribution < 1.29 is 4.74 Å². The van der Waals surface area contributed by atoms with E-state index < -0.39 is 0 Å². The van der Waals surface area contributed by atoms with Crippen LogP contribution in [0.3, 0.4) is 0 Å². The normalized spacial score (nSPS) is 12.2. The second-order valence-electron chi connectivity index (χ2n) is 7.35. The van der Waals surface area contributed by atoms with Crippen molar-refractivity contribution in [3.05, 3.63) is 12.8 Å². The van der Waals surface area contributed by atoms with E-state index >= 15 is 0 Å². The molecule has 0 bridgehead atoms. The summed E-state index contributed by atoms with van der Waals surface area (Å²) in [4.78, 5) is 0. The smallest absolute Gasteiger partial charge is 0.102 e. The highest BCUT2D eigenvalue weighted by atomic mass is 16.5. The van der Waals surface area contributed by atoms with Gasteiger partial charge in [0.2, 0.25) is 0 Å². The molecule has 0 aromatic heterocycles. The summed E-state index contributed by atoms with van der Waals surface area (Å²) in [6.45, 7) is 6.44. The standard InChI is InChI=1S/C22H45NO/c1-3-5-6-7-8-9-10-11-12-13-14-15-16-17-18-19-20-22(23)21-24-4-2/h4,22H,2-3,5-21,23H2,1H3. The molecule has 0 spiro atoms. The van der Waals surface area contributed by atoms with E-state index in [4.69, 9.17) is 10.5 Å². The molecule has 2 nitrogen and oxygen atoms in total. The van der Waals surface area contributed by atoms with Gasteiger partial charge < -0.3 is 10.5 Å². The van der Waals surface area contributed by atoms with Crippen molar-refractivity contribution >= 4 is 0 Å².